The maximum atomic E-state index is 6.09. The Hall–Kier alpha value is -0.790. The summed E-state index contributed by atoms with van der Waals surface area (Å²) >= 11 is 0. The molecular formula is C15H24ClN. The smallest absolute Gasteiger partial charge is 0.0297 e. The second kappa shape index (κ2) is 6.83. The fourth-order valence-electron chi connectivity index (χ4n) is 1.69. The number of rotatable bonds is 4. The van der Waals surface area contributed by atoms with E-state index in [1.54, 1.807) is 0 Å². The predicted octanol–water partition coefficient (Wildman–Crippen LogP) is 4.37. The lowest BCUT2D eigenvalue weighted by Crippen LogP contribution is -2.13. The number of hydrogen-bond donors (Lipinski definition) is 1. The lowest BCUT2D eigenvalue weighted by atomic mass is 9.86. The van der Waals surface area contributed by atoms with Crippen LogP contribution in [0.25, 0.3) is 0 Å². The van der Waals surface area contributed by atoms with Gasteiger partial charge in [0.05, 0.1) is 0 Å². The maximum Gasteiger partial charge on any atom is 0.0297 e. The van der Waals surface area contributed by atoms with E-state index < -0.39 is 0 Å². The minimum Gasteiger partial charge on any atom is -0.324 e. The van der Waals surface area contributed by atoms with Crippen molar-refractivity contribution < 1.29 is 0 Å². The van der Waals surface area contributed by atoms with Crippen molar-refractivity contribution in [1.29, 1.82) is 0 Å². The zero-order chi connectivity index (χ0) is 12.2. The highest BCUT2D eigenvalue weighted by atomic mass is 35.5. The molecule has 0 spiro atoms. The van der Waals surface area contributed by atoms with E-state index in [0.717, 1.165) is 12.8 Å². The van der Waals surface area contributed by atoms with Gasteiger partial charge >= 0.3 is 0 Å². The van der Waals surface area contributed by atoms with Gasteiger partial charge < -0.3 is 5.73 Å². The van der Waals surface area contributed by atoms with Crippen LogP contribution in [0.3, 0.4) is 0 Å². The van der Waals surface area contributed by atoms with E-state index in [2.05, 4.69) is 51.6 Å². The number of hydrogen-bond acceptors (Lipinski definition) is 1. The van der Waals surface area contributed by atoms with Crippen LogP contribution in [0.1, 0.15) is 50.8 Å². The van der Waals surface area contributed by atoms with Crippen LogP contribution in [0.4, 0.5) is 0 Å². The first-order valence-electron chi connectivity index (χ1n) is 5.92. The van der Waals surface area contributed by atoms with Crippen LogP contribution in [0.2, 0.25) is 0 Å². The molecule has 96 valence electrons. The first kappa shape index (κ1) is 16.2. The second-order valence-corrected chi connectivity index (χ2v) is 5.34. The molecular weight excluding hydrogens is 230 g/mol. The first-order chi connectivity index (χ1) is 7.45. The molecule has 1 nitrogen and oxygen atoms in total. The van der Waals surface area contributed by atoms with Crippen molar-refractivity contribution in [2.75, 3.05) is 0 Å². The Morgan fingerprint density at radius 3 is 2.18 bits per heavy atom. The van der Waals surface area contributed by atoms with E-state index in [0.29, 0.717) is 0 Å². The van der Waals surface area contributed by atoms with Gasteiger partial charge in [-0.2, -0.15) is 0 Å². The number of nitrogens with two attached hydrogens (primary N) is 1. The summed E-state index contributed by atoms with van der Waals surface area (Å²) in [6, 6.07) is 8.79. The summed E-state index contributed by atoms with van der Waals surface area (Å²) in [4.78, 5) is 0. The normalized spacial score (nSPS) is 12.7. The summed E-state index contributed by atoms with van der Waals surface area (Å²) in [5.41, 5.74) is 8.88. The fourth-order valence-corrected chi connectivity index (χ4v) is 1.69. The molecule has 0 amide bonds. The third-order valence-electron chi connectivity index (χ3n) is 2.89. The summed E-state index contributed by atoms with van der Waals surface area (Å²) in [6.07, 6.45) is 3.87. The van der Waals surface area contributed by atoms with Crippen molar-refractivity contribution in [3.63, 3.8) is 0 Å². The van der Waals surface area contributed by atoms with E-state index in [1.807, 2.05) is 6.08 Å². The molecule has 1 aromatic carbocycles. The van der Waals surface area contributed by atoms with Crippen molar-refractivity contribution in [2.24, 2.45) is 5.73 Å². The van der Waals surface area contributed by atoms with Crippen molar-refractivity contribution in [3.8, 4) is 0 Å². The Labute approximate surface area is 112 Å². The molecule has 0 unspecified atom stereocenters. The Kier molecular flexibility index (Phi) is 6.51. The van der Waals surface area contributed by atoms with Gasteiger partial charge in [-0.25, -0.2) is 0 Å². The monoisotopic (exact) mass is 253 g/mol. The summed E-state index contributed by atoms with van der Waals surface area (Å²) in [5.74, 6) is 0. The van der Waals surface area contributed by atoms with Crippen molar-refractivity contribution in [3.05, 3.63) is 48.0 Å². The van der Waals surface area contributed by atoms with Crippen LogP contribution in [-0.4, -0.2) is 0 Å². The summed E-state index contributed by atoms with van der Waals surface area (Å²) in [6.45, 7) is 10.4. The molecule has 0 radical (unpaired) electrons. The topological polar surface area (TPSA) is 26.0 Å². The van der Waals surface area contributed by atoms with Gasteiger partial charge in [-0.05, 0) is 29.4 Å². The van der Waals surface area contributed by atoms with Crippen molar-refractivity contribution >= 4 is 12.4 Å². The van der Waals surface area contributed by atoms with Crippen LogP contribution < -0.4 is 5.73 Å². The number of halogens is 1. The van der Waals surface area contributed by atoms with Gasteiger partial charge in [-0.1, -0.05) is 51.1 Å². The van der Waals surface area contributed by atoms with Gasteiger partial charge in [-0.3, -0.25) is 0 Å². The van der Waals surface area contributed by atoms with E-state index in [9.17, 15) is 0 Å². The average Bonchev–Trinajstić information content (AvgIpc) is 2.25. The molecule has 0 saturated heterocycles. The molecule has 0 aliphatic carbocycles. The highest BCUT2D eigenvalue weighted by Crippen LogP contribution is 2.24. The molecule has 0 saturated carbocycles. The highest BCUT2D eigenvalue weighted by Gasteiger charge is 2.13. The van der Waals surface area contributed by atoms with Gasteiger partial charge in [0, 0.05) is 6.04 Å². The minimum absolute atomic E-state index is 0. The summed E-state index contributed by atoms with van der Waals surface area (Å²) in [5, 5.41) is 0. The minimum atomic E-state index is 0. The molecule has 0 fully saturated rings. The van der Waals surface area contributed by atoms with Crippen LogP contribution in [0.15, 0.2) is 36.9 Å². The fraction of sp³-hybridized carbons (Fsp3) is 0.467. The molecule has 1 atom stereocenters. The molecule has 0 bridgehead atoms. The van der Waals surface area contributed by atoms with Crippen LogP contribution in [-0.2, 0) is 5.41 Å². The SMILES string of the molecule is C=CCC[C@H](N)c1ccc(C(C)(C)C)cc1.Cl. The van der Waals surface area contributed by atoms with Gasteiger partial charge in [-0.15, -0.1) is 19.0 Å². The predicted molar refractivity (Wildman–Crippen MR) is 78.7 cm³/mol. The molecule has 2 heteroatoms. The standard InChI is InChI=1S/C15H23N.ClH/c1-5-6-7-14(16)12-8-10-13(11-9-12)15(2,3)4;/h5,8-11,14H,1,6-7,16H2,2-4H3;1H/t14-;/m0./s1. The molecule has 1 rings (SSSR count). The molecule has 2 N–H and O–H groups in total. The Morgan fingerprint density at radius 1 is 1.24 bits per heavy atom. The van der Waals surface area contributed by atoms with Gasteiger partial charge in [0.25, 0.3) is 0 Å². The number of benzene rings is 1. The molecule has 0 aliphatic rings. The molecule has 1 aromatic rings. The van der Waals surface area contributed by atoms with Gasteiger partial charge in [0.2, 0.25) is 0 Å². The van der Waals surface area contributed by atoms with Crippen molar-refractivity contribution in [2.45, 2.75) is 45.1 Å². The lowest BCUT2D eigenvalue weighted by Gasteiger charge is -2.20. The van der Waals surface area contributed by atoms with E-state index in [-0.39, 0.29) is 23.9 Å². The van der Waals surface area contributed by atoms with Crippen LogP contribution >= 0.6 is 12.4 Å². The lowest BCUT2D eigenvalue weighted by molar-refractivity contribution is 0.588. The Morgan fingerprint density at radius 2 is 1.76 bits per heavy atom. The zero-order valence-corrected chi connectivity index (χ0v) is 11.9. The maximum absolute atomic E-state index is 6.09. The summed E-state index contributed by atoms with van der Waals surface area (Å²) in [7, 11) is 0. The Balaban J connectivity index is 0.00000256. The van der Waals surface area contributed by atoms with Gasteiger partial charge in [0.1, 0.15) is 0 Å². The number of allylic oxidation sites excluding steroid dienone is 1. The van der Waals surface area contributed by atoms with Crippen LogP contribution in [0.5, 0.6) is 0 Å². The third-order valence-corrected chi connectivity index (χ3v) is 2.89. The quantitative estimate of drug-likeness (QED) is 0.793. The highest BCUT2D eigenvalue weighted by molar-refractivity contribution is 5.85. The molecule has 0 aromatic heterocycles. The molecule has 17 heavy (non-hydrogen) atoms. The largest absolute Gasteiger partial charge is 0.324 e. The molecule has 0 aliphatic heterocycles. The van der Waals surface area contributed by atoms with Crippen LogP contribution in [0, 0.1) is 0 Å². The van der Waals surface area contributed by atoms with E-state index >= 15 is 0 Å². The molecule has 0 heterocycles. The van der Waals surface area contributed by atoms with Crippen molar-refractivity contribution in [1.82, 2.24) is 0 Å². The third kappa shape index (κ3) is 4.93. The second-order valence-electron chi connectivity index (χ2n) is 5.34. The first-order valence-corrected chi connectivity index (χ1v) is 5.92. The average molecular weight is 254 g/mol. The Bertz CT molecular complexity index is 335. The van der Waals surface area contributed by atoms with E-state index in [1.165, 1.54) is 11.1 Å². The van der Waals surface area contributed by atoms with E-state index in [4.69, 9.17) is 5.73 Å². The van der Waals surface area contributed by atoms with Gasteiger partial charge in [0.15, 0.2) is 0 Å². The summed E-state index contributed by atoms with van der Waals surface area (Å²) < 4.78 is 0. The zero-order valence-electron chi connectivity index (χ0n) is 11.1.